The van der Waals surface area contributed by atoms with E-state index in [0.29, 0.717) is 6.04 Å². The molecule has 0 aliphatic heterocycles. The van der Waals surface area contributed by atoms with Crippen molar-refractivity contribution in [1.82, 2.24) is 20.1 Å². The van der Waals surface area contributed by atoms with Crippen LogP contribution in [0.1, 0.15) is 31.3 Å². The minimum absolute atomic E-state index is 0.159. The van der Waals surface area contributed by atoms with Crippen LogP contribution in [0.4, 0.5) is 0 Å². The average Bonchev–Trinajstić information content (AvgIpc) is 2.85. The minimum Gasteiger partial charge on any atom is -0.496 e. The first-order chi connectivity index (χ1) is 9.61. The molecule has 0 bridgehead atoms. The van der Waals surface area contributed by atoms with Crippen molar-refractivity contribution in [3.63, 3.8) is 0 Å². The predicted octanol–water partition coefficient (Wildman–Crippen LogP) is 2.11. The third-order valence-corrected chi connectivity index (χ3v) is 3.39. The third-order valence-electron chi connectivity index (χ3n) is 3.39. The van der Waals surface area contributed by atoms with Crippen LogP contribution >= 0.6 is 0 Å². The van der Waals surface area contributed by atoms with Crippen molar-refractivity contribution < 1.29 is 4.74 Å². The van der Waals surface area contributed by atoms with Crippen molar-refractivity contribution in [2.45, 2.75) is 32.4 Å². The zero-order valence-corrected chi connectivity index (χ0v) is 12.5. The molecule has 108 valence electrons. The lowest BCUT2D eigenvalue weighted by Crippen LogP contribution is -2.32. The highest BCUT2D eigenvalue weighted by Gasteiger charge is 2.15. The Morgan fingerprint density at radius 3 is 2.70 bits per heavy atom. The lowest BCUT2D eigenvalue weighted by Gasteiger charge is -2.20. The van der Waals surface area contributed by atoms with Crippen molar-refractivity contribution in [1.29, 1.82) is 0 Å². The Balaban J connectivity index is 1.99. The number of nitrogens with one attached hydrogen (secondary N) is 1. The number of para-hydroxylation sites is 1. The van der Waals surface area contributed by atoms with E-state index in [2.05, 4.69) is 35.4 Å². The lowest BCUT2D eigenvalue weighted by molar-refractivity contribution is 0.401. The number of nitrogens with zero attached hydrogens (tertiary/aromatic N) is 3. The molecule has 1 aromatic heterocycles. The smallest absolute Gasteiger partial charge is 0.149 e. The van der Waals surface area contributed by atoms with Gasteiger partial charge < -0.3 is 14.6 Å². The second-order valence-corrected chi connectivity index (χ2v) is 5.11. The van der Waals surface area contributed by atoms with E-state index in [1.54, 1.807) is 13.4 Å². The first kappa shape index (κ1) is 14.5. The van der Waals surface area contributed by atoms with E-state index in [9.17, 15) is 0 Å². The quantitative estimate of drug-likeness (QED) is 0.876. The first-order valence-corrected chi connectivity index (χ1v) is 6.83. The number of hydrogen-bond acceptors (Lipinski definition) is 4. The largest absolute Gasteiger partial charge is 0.496 e. The summed E-state index contributed by atoms with van der Waals surface area (Å²) in [5, 5.41) is 11.6. The molecule has 0 aliphatic rings. The topological polar surface area (TPSA) is 52.0 Å². The van der Waals surface area contributed by atoms with Crippen LogP contribution < -0.4 is 10.1 Å². The summed E-state index contributed by atoms with van der Waals surface area (Å²) >= 11 is 0. The van der Waals surface area contributed by atoms with Gasteiger partial charge in [-0.15, -0.1) is 10.2 Å². The molecule has 20 heavy (non-hydrogen) atoms. The molecule has 0 saturated heterocycles. The van der Waals surface area contributed by atoms with Crippen molar-refractivity contribution in [2.75, 3.05) is 7.11 Å². The fourth-order valence-electron chi connectivity index (χ4n) is 2.45. The molecule has 0 saturated carbocycles. The molecular formula is C15H22N4O. The summed E-state index contributed by atoms with van der Waals surface area (Å²) in [5.41, 5.74) is 1.21. The molecule has 1 N–H and O–H groups in total. The van der Waals surface area contributed by atoms with E-state index in [1.165, 1.54) is 5.56 Å². The zero-order chi connectivity index (χ0) is 14.5. The molecule has 1 aromatic carbocycles. The molecule has 0 spiro atoms. The predicted molar refractivity (Wildman–Crippen MR) is 78.7 cm³/mol. The average molecular weight is 274 g/mol. The van der Waals surface area contributed by atoms with Gasteiger partial charge in [-0.3, -0.25) is 0 Å². The maximum absolute atomic E-state index is 5.39. The second kappa shape index (κ2) is 6.52. The van der Waals surface area contributed by atoms with Crippen LogP contribution in [0, 0.1) is 0 Å². The molecule has 2 unspecified atom stereocenters. The van der Waals surface area contributed by atoms with Gasteiger partial charge in [0.05, 0.1) is 13.2 Å². The lowest BCUT2D eigenvalue weighted by atomic mass is 10.1. The van der Waals surface area contributed by atoms with Crippen LogP contribution in [0.3, 0.4) is 0 Å². The van der Waals surface area contributed by atoms with E-state index in [1.807, 2.05) is 29.8 Å². The van der Waals surface area contributed by atoms with E-state index >= 15 is 0 Å². The summed E-state index contributed by atoms with van der Waals surface area (Å²) in [5.74, 6) is 1.88. The monoisotopic (exact) mass is 274 g/mol. The fourth-order valence-corrected chi connectivity index (χ4v) is 2.45. The molecule has 5 nitrogen and oxygen atoms in total. The summed E-state index contributed by atoms with van der Waals surface area (Å²) in [6, 6.07) is 8.60. The Hall–Kier alpha value is -1.88. The van der Waals surface area contributed by atoms with Crippen LogP contribution in [0.2, 0.25) is 0 Å². The number of hydrogen-bond donors (Lipinski definition) is 1. The summed E-state index contributed by atoms with van der Waals surface area (Å²) < 4.78 is 7.33. The maximum Gasteiger partial charge on any atom is 0.149 e. The van der Waals surface area contributed by atoms with Crippen molar-refractivity contribution in [2.24, 2.45) is 7.05 Å². The van der Waals surface area contributed by atoms with Crippen LogP contribution in [0.5, 0.6) is 5.75 Å². The molecule has 0 aliphatic carbocycles. The molecule has 2 atom stereocenters. The van der Waals surface area contributed by atoms with Crippen LogP contribution in [-0.4, -0.2) is 27.9 Å². The molecule has 0 radical (unpaired) electrons. The molecule has 0 amide bonds. The van der Waals surface area contributed by atoms with Crippen molar-refractivity contribution >= 4 is 0 Å². The fraction of sp³-hybridized carbons (Fsp3) is 0.467. The normalized spacial score (nSPS) is 14.0. The highest BCUT2D eigenvalue weighted by atomic mass is 16.5. The third kappa shape index (κ3) is 3.36. The number of rotatable bonds is 6. The Kier molecular flexibility index (Phi) is 4.74. The van der Waals surface area contributed by atoms with E-state index in [4.69, 9.17) is 4.74 Å². The number of methoxy groups -OCH3 is 1. The van der Waals surface area contributed by atoms with E-state index < -0.39 is 0 Å². The van der Waals surface area contributed by atoms with Gasteiger partial charge in [-0.25, -0.2) is 0 Å². The number of ether oxygens (including phenoxy) is 1. The van der Waals surface area contributed by atoms with Gasteiger partial charge in [0.25, 0.3) is 0 Å². The van der Waals surface area contributed by atoms with Gasteiger partial charge in [0.2, 0.25) is 0 Å². The van der Waals surface area contributed by atoms with Gasteiger partial charge in [-0.2, -0.15) is 0 Å². The van der Waals surface area contributed by atoms with Gasteiger partial charge in [-0.05, 0) is 31.9 Å². The molecular weight excluding hydrogens is 252 g/mol. The van der Waals surface area contributed by atoms with Crippen molar-refractivity contribution in [3.8, 4) is 5.75 Å². The van der Waals surface area contributed by atoms with Crippen molar-refractivity contribution in [3.05, 3.63) is 42.0 Å². The summed E-state index contributed by atoms with van der Waals surface area (Å²) in [6.45, 7) is 4.27. The van der Waals surface area contributed by atoms with Crippen LogP contribution in [0.25, 0.3) is 0 Å². The van der Waals surface area contributed by atoms with Gasteiger partial charge in [-0.1, -0.05) is 18.2 Å². The minimum atomic E-state index is 0.159. The highest BCUT2D eigenvalue weighted by Crippen LogP contribution is 2.19. The SMILES string of the molecule is COc1ccccc1CC(C)NC(C)c1nncn1C. The summed E-state index contributed by atoms with van der Waals surface area (Å²) in [4.78, 5) is 0. The van der Waals surface area contributed by atoms with Gasteiger partial charge >= 0.3 is 0 Å². The number of benzene rings is 1. The summed E-state index contributed by atoms with van der Waals surface area (Å²) in [7, 11) is 3.66. The molecule has 5 heteroatoms. The summed E-state index contributed by atoms with van der Waals surface area (Å²) in [6.07, 6.45) is 2.63. The first-order valence-electron chi connectivity index (χ1n) is 6.83. The van der Waals surface area contributed by atoms with Gasteiger partial charge in [0.1, 0.15) is 17.9 Å². The van der Waals surface area contributed by atoms with Gasteiger partial charge in [0, 0.05) is 13.1 Å². The van der Waals surface area contributed by atoms with Gasteiger partial charge in [0.15, 0.2) is 0 Å². The Labute approximate surface area is 120 Å². The number of aromatic nitrogens is 3. The molecule has 2 rings (SSSR count). The zero-order valence-electron chi connectivity index (χ0n) is 12.5. The molecule has 1 heterocycles. The Bertz CT molecular complexity index is 552. The van der Waals surface area contributed by atoms with E-state index in [-0.39, 0.29) is 6.04 Å². The van der Waals surface area contributed by atoms with Crippen LogP contribution in [-0.2, 0) is 13.5 Å². The standard InChI is InChI=1S/C15H22N4O/c1-11(9-13-7-5-6-8-14(13)20-4)17-12(2)15-18-16-10-19(15)3/h5-8,10-12,17H,9H2,1-4H3. The highest BCUT2D eigenvalue weighted by molar-refractivity contribution is 5.33. The van der Waals surface area contributed by atoms with E-state index in [0.717, 1.165) is 18.0 Å². The Morgan fingerprint density at radius 1 is 1.30 bits per heavy atom. The maximum atomic E-state index is 5.39. The molecule has 0 fully saturated rings. The number of aryl methyl sites for hydroxylation is 1. The van der Waals surface area contributed by atoms with Crippen LogP contribution in [0.15, 0.2) is 30.6 Å². The second-order valence-electron chi connectivity index (χ2n) is 5.11. The molecule has 2 aromatic rings. The Morgan fingerprint density at radius 2 is 2.05 bits per heavy atom.